The molecule has 0 aliphatic rings. The van der Waals surface area contributed by atoms with Crippen molar-refractivity contribution in [3.05, 3.63) is 41.7 Å². The smallest absolute Gasteiger partial charge is 0.221 e. The van der Waals surface area contributed by atoms with Gasteiger partial charge in [-0.05, 0) is 24.6 Å². The monoisotopic (exact) mass is 271 g/mol. The normalized spacial score (nSPS) is 14.4. The first kappa shape index (κ1) is 12.8. The van der Waals surface area contributed by atoms with E-state index >= 15 is 0 Å². The fourth-order valence-corrected chi connectivity index (χ4v) is 2.67. The number of rotatable bonds is 3. The Morgan fingerprint density at radius 3 is 2.61 bits per heavy atom. The van der Waals surface area contributed by atoms with E-state index in [0.29, 0.717) is 10.7 Å². The van der Waals surface area contributed by atoms with Crippen LogP contribution in [-0.2, 0) is 17.8 Å². The first-order chi connectivity index (χ1) is 8.50. The highest BCUT2D eigenvalue weighted by molar-refractivity contribution is 7.85. The minimum atomic E-state index is -1.47. The van der Waals surface area contributed by atoms with E-state index in [-0.39, 0.29) is 0 Å². The Bertz CT molecular complexity index is 600. The van der Waals surface area contributed by atoms with Crippen LogP contribution < -0.4 is 0 Å². The van der Waals surface area contributed by atoms with Crippen LogP contribution in [0.1, 0.15) is 17.7 Å². The molecule has 0 bridgehead atoms. The number of aromatic nitrogens is 3. The Kier molecular flexibility index (Phi) is 3.51. The van der Waals surface area contributed by atoms with Crippen molar-refractivity contribution in [1.82, 2.24) is 14.8 Å². The maximum absolute atomic E-state index is 13.1. The highest BCUT2D eigenvalue weighted by Gasteiger charge is 2.20. The van der Waals surface area contributed by atoms with Gasteiger partial charge in [0.25, 0.3) is 0 Å². The van der Waals surface area contributed by atoms with Gasteiger partial charge in [0.2, 0.25) is 5.16 Å². The molecule has 0 saturated carbocycles. The molecule has 0 spiro atoms. The fraction of sp³-hybridized carbons (Fsp3) is 0.273. The minimum Gasteiger partial charge on any atom is -0.310 e. The van der Waals surface area contributed by atoms with Crippen molar-refractivity contribution >= 4 is 10.8 Å². The topological polar surface area (TPSA) is 47.8 Å². The van der Waals surface area contributed by atoms with Crippen LogP contribution in [0.15, 0.2) is 29.7 Å². The highest BCUT2D eigenvalue weighted by Crippen LogP contribution is 2.24. The zero-order valence-corrected chi connectivity index (χ0v) is 10.6. The van der Waals surface area contributed by atoms with Gasteiger partial charge in [-0.25, -0.2) is 8.78 Å². The third-order valence-corrected chi connectivity index (χ3v) is 4.23. The predicted octanol–water partition coefficient (Wildman–Crippen LogP) is 1.96. The van der Waals surface area contributed by atoms with E-state index in [1.54, 1.807) is 14.0 Å². The summed E-state index contributed by atoms with van der Waals surface area (Å²) in [6.07, 6.45) is 1.44. The third-order valence-electron chi connectivity index (χ3n) is 2.58. The van der Waals surface area contributed by atoms with Gasteiger partial charge >= 0.3 is 0 Å². The summed E-state index contributed by atoms with van der Waals surface area (Å²) in [6, 6.07) is 3.49. The van der Waals surface area contributed by atoms with Crippen LogP contribution in [-0.4, -0.2) is 19.0 Å². The lowest BCUT2D eigenvalue weighted by Crippen LogP contribution is -2.08. The summed E-state index contributed by atoms with van der Waals surface area (Å²) < 4.78 is 39.7. The molecular formula is C11H11F2N3OS. The van der Waals surface area contributed by atoms with E-state index in [1.807, 2.05) is 0 Å². The fourth-order valence-electron chi connectivity index (χ4n) is 1.50. The van der Waals surface area contributed by atoms with E-state index in [9.17, 15) is 13.0 Å². The number of benzene rings is 1. The van der Waals surface area contributed by atoms with Crippen LogP contribution in [0.4, 0.5) is 8.78 Å². The maximum Gasteiger partial charge on any atom is 0.221 e. The number of halogens is 2. The van der Waals surface area contributed by atoms with Gasteiger partial charge < -0.3 is 4.57 Å². The Labute approximate surface area is 105 Å². The first-order valence-corrected chi connectivity index (χ1v) is 6.41. The second-order valence-corrected chi connectivity index (χ2v) is 5.50. The van der Waals surface area contributed by atoms with Gasteiger partial charge in [0.1, 0.15) is 6.33 Å². The van der Waals surface area contributed by atoms with E-state index in [1.165, 1.54) is 17.0 Å². The quantitative estimate of drug-likeness (QED) is 0.857. The summed E-state index contributed by atoms with van der Waals surface area (Å²) in [5, 5.41) is 7.18. The van der Waals surface area contributed by atoms with Crippen LogP contribution in [0.5, 0.6) is 0 Å². The van der Waals surface area contributed by atoms with Gasteiger partial charge in [-0.15, -0.1) is 10.2 Å². The standard InChI is InChI=1S/C11H11F2N3OS/c1-7(8-3-4-9(12)10(13)5-8)18(17)11-15-14-6-16(11)2/h3-7H,1-2H3. The maximum atomic E-state index is 13.1. The minimum absolute atomic E-state index is 0.298. The van der Waals surface area contributed by atoms with Crippen molar-refractivity contribution in [2.24, 2.45) is 7.05 Å². The van der Waals surface area contributed by atoms with Crippen LogP contribution in [0.3, 0.4) is 0 Å². The Morgan fingerprint density at radius 1 is 1.33 bits per heavy atom. The number of hydrogen-bond donors (Lipinski definition) is 0. The molecule has 2 aromatic rings. The lowest BCUT2D eigenvalue weighted by atomic mass is 10.1. The van der Waals surface area contributed by atoms with Crippen molar-refractivity contribution in [2.75, 3.05) is 0 Å². The van der Waals surface area contributed by atoms with Gasteiger partial charge in [0, 0.05) is 7.05 Å². The van der Waals surface area contributed by atoms with Gasteiger partial charge in [-0.1, -0.05) is 6.07 Å². The van der Waals surface area contributed by atoms with Crippen LogP contribution >= 0.6 is 0 Å². The average molecular weight is 271 g/mol. The largest absolute Gasteiger partial charge is 0.310 e. The molecule has 18 heavy (non-hydrogen) atoms. The molecule has 2 rings (SSSR count). The Balaban J connectivity index is 2.31. The molecule has 0 amide bonds. The predicted molar refractivity (Wildman–Crippen MR) is 62.2 cm³/mol. The second-order valence-electron chi connectivity index (χ2n) is 3.84. The number of nitrogens with zero attached hydrogens (tertiary/aromatic N) is 3. The molecule has 0 fully saturated rings. The first-order valence-electron chi connectivity index (χ1n) is 5.20. The van der Waals surface area contributed by atoms with Gasteiger partial charge in [-0.3, -0.25) is 4.21 Å². The Morgan fingerprint density at radius 2 is 2.06 bits per heavy atom. The summed E-state index contributed by atoms with van der Waals surface area (Å²) in [4.78, 5) is 0. The lowest BCUT2D eigenvalue weighted by Gasteiger charge is -2.11. The molecule has 7 heteroatoms. The molecule has 0 N–H and O–H groups in total. The van der Waals surface area contributed by atoms with Crippen molar-refractivity contribution in [3.8, 4) is 0 Å². The molecule has 0 aliphatic heterocycles. The van der Waals surface area contributed by atoms with Crippen LogP contribution in [0.25, 0.3) is 0 Å². The molecule has 4 nitrogen and oxygen atoms in total. The van der Waals surface area contributed by atoms with Crippen molar-refractivity contribution in [2.45, 2.75) is 17.3 Å². The molecular weight excluding hydrogens is 260 g/mol. The summed E-state index contributed by atoms with van der Waals surface area (Å²) >= 11 is 0. The van der Waals surface area contributed by atoms with E-state index in [2.05, 4.69) is 10.2 Å². The van der Waals surface area contributed by atoms with Crippen molar-refractivity contribution in [1.29, 1.82) is 0 Å². The van der Waals surface area contributed by atoms with Gasteiger partial charge in [0.05, 0.1) is 16.0 Å². The van der Waals surface area contributed by atoms with Gasteiger partial charge in [-0.2, -0.15) is 0 Å². The van der Waals surface area contributed by atoms with Gasteiger partial charge in [0.15, 0.2) is 11.6 Å². The third kappa shape index (κ3) is 2.31. The molecule has 1 aromatic carbocycles. The number of hydrogen-bond acceptors (Lipinski definition) is 3. The molecule has 2 unspecified atom stereocenters. The summed E-state index contributed by atoms with van der Waals surface area (Å²) in [5.41, 5.74) is 0.454. The summed E-state index contributed by atoms with van der Waals surface area (Å²) in [7, 11) is 0.198. The Hall–Kier alpha value is -1.63. The zero-order chi connectivity index (χ0) is 13.3. The molecule has 0 aliphatic carbocycles. The molecule has 0 radical (unpaired) electrons. The molecule has 1 heterocycles. The molecule has 1 aromatic heterocycles. The molecule has 0 saturated heterocycles. The summed E-state index contributed by atoms with van der Waals surface area (Å²) in [5.74, 6) is -1.87. The van der Waals surface area contributed by atoms with E-state index in [0.717, 1.165) is 12.1 Å². The number of aryl methyl sites for hydroxylation is 1. The van der Waals surface area contributed by atoms with E-state index in [4.69, 9.17) is 0 Å². The molecule has 2 atom stereocenters. The lowest BCUT2D eigenvalue weighted by molar-refractivity contribution is 0.507. The highest BCUT2D eigenvalue weighted by atomic mass is 32.2. The SMILES string of the molecule is CC(c1ccc(F)c(F)c1)S(=O)c1nncn1C. The van der Waals surface area contributed by atoms with Crippen LogP contribution in [0.2, 0.25) is 0 Å². The van der Waals surface area contributed by atoms with Crippen LogP contribution in [0, 0.1) is 11.6 Å². The molecule has 96 valence electrons. The summed E-state index contributed by atoms with van der Waals surface area (Å²) in [6.45, 7) is 1.66. The zero-order valence-electron chi connectivity index (χ0n) is 9.80. The van der Waals surface area contributed by atoms with Crippen molar-refractivity contribution in [3.63, 3.8) is 0 Å². The second kappa shape index (κ2) is 4.93. The average Bonchev–Trinajstić information content (AvgIpc) is 2.77. The van der Waals surface area contributed by atoms with E-state index < -0.39 is 27.7 Å². The van der Waals surface area contributed by atoms with Crippen molar-refractivity contribution < 1.29 is 13.0 Å².